The molecule has 0 aliphatic rings. The maximum Gasteiger partial charge on any atom is 0.242 e. The Morgan fingerprint density at radius 2 is 1.95 bits per heavy atom. The number of rotatable bonds is 6. The van der Waals surface area contributed by atoms with Crippen molar-refractivity contribution in [2.75, 3.05) is 6.54 Å². The molecule has 0 aliphatic heterocycles. The topological polar surface area (TPSA) is 72.2 Å². The Labute approximate surface area is 132 Å². The number of nitrogens with two attached hydrogens (primary N) is 1. The molecule has 20 heavy (non-hydrogen) atoms. The van der Waals surface area contributed by atoms with Gasteiger partial charge in [-0.05, 0) is 38.0 Å². The lowest BCUT2D eigenvalue weighted by Gasteiger charge is -2.19. The minimum absolute atomic E-state index is 0. The van der Waals surface area contributed by atoms with Crippen LogP contribution in [0.25, 0.3) is 0 Å². The summed E-state index contributed by atoms with van der Waals surface area (Å²) >= 11 is 5.98. The van der Waals surface area contributed by atoms with Gasteiger partial charge in [0.05, 0.1) is 5.02 Å². The summed E-state index contributed by atoms with van der Waals surface area (Å²) in [5.41, 5.74) is 6.12. The first-order valence-electron chi connectivity index (χ1n) is 6.23. The molecule has 0 aromatic heterocycles. The molecule has 0 atom stereocenters. The second-order valence-electron chi connectivity index (χ2n) is 5.33. The van der Waals surface area contributed by atoms with E-state index in [2.05, 4.69) is 4.72 Å². The van der Waals surface area contributed by atoms with Gasteiger partial charge in [0.1, 0.15) is 4.90 Å². The molecule has 0 saturated heterocycles. The lowest BCUT2D eigenvalue weighted by molar-refractivity contribution is 0.498. The maximum absolute atomic E-state index is 12.2. The predicted molar refractivity (Wildman–Crippen MR) is 86.1 cm³/mol. The number of nitrogens with one attached hydrogen (secondary N) is 1. The van der Waals surface area contributed by atoms with Gasteiger partial charge >= 0.3 is 0 Å². The quantitative estimate of drug-likeness (QED) is 0.836. The molecule has 0 fully saturated rings. The van der Waals surface area contributed by atoms with Gasteiger partial charge in [-0.25, -0.2) is 13.1 Å². The average molecular weight is 341 g/mol. The van der Waals surface area contributed by atoms with E-state index in [-0.39, 0.29) is 28.9 Å². The molecule has 0 spiro atoms. The highest BCUT2D eigenvalue weighted by atomic mass is 35.5. The van der Waals surface area contributed by atoms with Gasteiger partial charge in [0.15, 0.2) is 0 Å². The van der Waals surface area contributed by atoms with Crippen LogP contribution in [0.2, 0.25) is 5.02 Å². The first kappa shape index (κ1) is 19.7. The van der Waals surface area contributed by atoms with Crippen molar-refractivity contribution >= 4 is 34.0 Å². The highest BCUT2D eigenvalue weighted by Crippen LogP contribution is 2.23. The van der Waals surface area contributed by atoms with Crippen LogP contribution in [0.15, 0.2) is 23.1 Å². The summed E-state index contributed by atoms with van der Waals surface area (Å²) in [6.45, 7) is 5.71. The monoisotopic (exact) mass is 340 g/mol. The van der Waals surface area contributed by atoms with E-state index in [1.807, 2.05) is 13.0 Å². The van der Waals surface area contributed by atoms with Crippen LogP contribution in [0, 0.1) is 0 Å². The minimum atomic E-state index is -3.63. The van der Waals surface area contributed by atoms with Gasteiger partial charge in [-0.2, -0.15) is 0 Å². The van der Waals surface area contributed by atoms with Gasteiger partial charge in [-0.1, -0.05) is 31.0 Å². The standard InChI is InChI=1S/C13H21ClN2O2S.ClH/c1-4-5-10-6-7-11(14)12(8-10)19(17,18)16-9-13(2,3)15;/h6-8,16H,4-5,9,15H2,1-3H3;1H. The molecule has 116 valence electrons. The van der Waals surface area contributed by atoms with Gasteiger partial charge in [-0.3, -0.25) is 0 Å². The van der Waals surface area contributed by atoms with E-state index < -0.39 is 15.6 Å². The molecule has 0 aliphatic carbocycles. The number of halogens is 2. The largest absolute Gasteiger partial charge is 0.324 e. The first-order chi connectivity index (χ1) is 8.65. The molecular weight excluding hydrogens is 319 g/mol. The Morgan fingerprint density at radius 1 is 1.35 bits per heavy atom. The van der Waals surface area contributed by atoms with Crippen molar-refractivity contribution < 1.29 is 8.42 Å². The van der Waals surface area contributed by atoms with Crippen molar-refractivity contribution in [1.82, 2.24) is 4.72 Å². The number of aryl methyl sites for hydroxylation is 1. The molecule has 4 nitrogen and oxygen atoms in total. The van der Waals surface area contributed by atoms with Crippen LogP contribution in [-0.4, -0.2) is 20.5 Å². The maximum atomic E-state index is 12.2. The Bertz CT molecular complexity index is 540. The van der Waals surface area contributed by atoms with Crippen molar-refractivity contribution in [2.45, 2.75) is 44.0 Å². The summed E-state index contributed by atoms with van der Waals surface area (Å²) in [4.78, 5) is 0.115. The summed E-state index contributed by atoms with van der Waals surface area (Å²) in [6.07, 6.45) is 1.77. The summed E-state index contributed by atoms with van der Waals surface area (Å²) in [5.74, 6) is 0. The van der Waals surface area contributed by atoms with Crippen LogP contribution < -0.4 is 10.5 Å². The fraction of sp³-hybridized carbons (Fsp3) is 0.538. The third-order valence-electron chi connectivity index (χ3n) is 2.54. The molecule has 0 bridgehead atoms. The highest BCUT2D eigenvalue weighted by Gasteiger charge is 2.21. The second-order valence-corrected chi connectivity index (χ2v) is 7.47. The molecule has 1 aromatic carbocycles. The van der Waals surface area contributed by atoms with Gasteiger partial charge < -0.3 is 5.73 Å². The van der Waals surface area contributed by atoms with E-state index in [1.165, 1.54) is 0 Å². The van der Waals surface area contributed by atoms with E-state index in [1.54, 1.807) is 26.0 Å². The van der Waals surface area contributed by atoms with Crippen molar-refractivity contribution in [3.05, 3.63) is 28.8 Å². The van der Waals surface area contributed by atoms with Crippen LogP contribution in [0.3, 0.4) is 0 Å². The number of benzene rings is 1. The van der Waals surface area contributed by atoms with Gasteiger partial charge in [-0.15, -0.1) is 12.4 Å². The van der Waals surface area contributed by atoms with Crippen LogP contribution in [-0.2, 0) is 16.4 Å². The van der Waals surface area contributed by atoms with Crippen molar-refractivity contribution in [3.63, 3.8) is 0 Å². The summed E-state index contributed by atoms with van der Waals surface area (Å²) in [5, 5.41) is 0.224. The summed E-state index contributed by atoms with van der Waals surface area (Å²) < 4.78 is 26.9. The summed E-state index contributed by atoms with van der Waals surface area (Å²) in [6, 6.07) is 5.09. The molecule has 1 aromatic rings. The van der Waals surface area contributed by atoms with Crippen molar-refractivity contribution in [3.8, 4) is 0 Å². The smallest absolute Gasteiger partial charge is 0.242 e. The molecule has 0 unspecified atom stereocenters. The normalized spacial score (nSPS) is 12.1. The van der Waals surface area contributed by atoms with Crippen molar-refractivity contribution in [1.29, 1.82) is 0 Å². The fourth-order valence-electron chi connectivity index (χ4n) is 1.56. The van der Waals surface area contributed by atoms with Gasteiger partial charge in [0.2, 0.25) is 10.0 Å². The SMILES string of the molecule is CCCc1ccc(Cl)c(S(=O)(=O)NCC(C)(C)N)c1.Cl. The molecule has 0 radical (unpaired) electrons. The first-order valence-corrected chi connectivity index (χ1v) is 8.09. The Balaban J connectivity index is 0.00000361. The molecule has 1 rings (SSSR count). The molecule has 3 N–H and O–H groups in total. The van der Waals surface area contributed by atoms with Crippen LogP contribution >= 0.6 is 24.0 Å². The van der Waals surface area contributed by atoms with E-state index in [0.717, 1.165) is 18.4 Å². The molecular formula is C13H22Cl2N2O2S. The van der Waals surface area contributed by atoms with Gasteiger partial charge in [0, 0.05) is 12.1 Å². The Morgan fingerprint density at radius 3 is 2.45 bits per heavy atom. The third kappa shape index (κ3) is 5.97. The number of hydrogen-bond acceptors (Lipinski definition) is 3. The number of sulfonamides is 1. The van der Waals surface area contributed by atoms with E-state index in [9.17, 15) is 8.42 Å². The third-order valence-corrected chi connectivity index (χ3v) is 4.42. The zero-order valence-electron chi connectivity index (χ0n) is 11.9. The molecule has 0 saturated carbocycles. The minimum Gasteiger partial charge on any atom is -0.324 e. The van der Waals surface area contributed by atoms with Crippen LogP contribution in [0.5, 0.6) is 0 Å². The highest BCUT2D eigenvalue weighted by molar-refractivity contribution is 7.89. The fourth-order valence-corrected chi connectivity index (χ4v) is 3.33. The van der Waals surface area contributed by atoms with E-state index in [0.29, 0.717) is 0 Å². The lowest BCUT2D eigenvalue weighted by Crippen LogP contribution is -2.45. The van der Waals surface area contributed by atoms with Crippen LogP contribution in [0.1, 0.15) is 32.8 Å². The van der Waals surface area contributed by atoms with Gasteiger partial charge in [0.25, 0.3) is 0 Å². The second kappa shape index (κ2) is 7.61. The van der Waals surface area contributed by atoms with E-state index >= 15 is 0 Å². The summed E-state index contributed by atoms with van der Waals surface area (Å²) in [7, 11) is -3.63. The zero-order valence-corrected chi connectivity index (χ0v) is 14.3. The average Bonchev–Trinajstić information content (AvgIpc) is 2.29. The molecule has 0 amide bonds. The van der Waals surface area contributed by atoms with Crippen molar-refractivity contribution in [2.24, 2.45) is 5.73 Å². The molecule has 7 heteroatoms. The number of hydrogen-bond donors (Lipinski definition) is 2. The Hall–Kier alpha value is -0.330. The lowest BCUT2D eigenvalue weighted by atomic mass is 10.1. The zero-order chi connectivity index (χ0) is 14.7. The van der Waals surface area contributed by atoms with E-state index in [4.69, 9.17) is 17.3 Å². The molecule has 0 heterocycles. The Kier molecular flexibility index (Phi) is 7.49. The predicted octanol–water partition coefficient (Wildman–Crippen LogP) is 2.73. The van der Waals surface area contributed by atoms with Crippen LogP contribution in [0.4, 0.5) is 0 Å².